The van der Waals surface area contributed by atoms with Crippen molar-refractivity contribution in [3.05, 3.63) is 28.8 Å². The van der Waals surface area contributed by atoms with Crippen molar-refractivity contribution in [2.24, 2.45) is 0 Å². The van der Waals surface area contributed by atoms with Gasteiger partial charge in [-0.2, -0.15) is 0 Å². The zero-order valence-electron chi connectivity index (χ0n) is 7.66. The fourth-order valence-electron chi connectivity index (χ4n) is 1.77. The van der Waals surface area contributed by atoms with E-state index < -0.39 is 0 Å². The van der Waals surface area contributed by atoms with Crippen molar-refractivity contribution >= 4 is 36.6 Å². The van der Waals surface area contributed by atoms with Crippen LogP contribution >= 0.6 is 36.6 Å². The molecule has 0 aliphatic carbocycles. The Morgan fingerprint density at radius 1 is 1.43 bits per heavy atom. The molecule has 14 heavy (non-hydrogen) atoms. The number of rotatable bonds is 1. The van der Waals surface area contributed by atoms with Crippen molar-refractivity contribution in [3.63, 3.8) is 0 Å². The molecular weight excluding hydrogens is 237 g/mol. The first-order valence-corrected chi connectivity index (χ1v) is 5.29. The normalized spacial score (nSPS) is 20.6. The van der Waals surface area contributed by atoms with Gasteiger partial charge < -0.3 is 5.32 Å². The maximum Gasteiger partial charge on any atom is 0.0452 e. The highest BCUT2D eigenvalue weighted by Crippen LogP contribution is 2.30. The maximum absolute atomic E-state index is 6.13. The predicted molar refractivity (Wildman–Crippen MR) is 66.2 cm³/mol. The van der Waals surface area contributed by atoms with Gasteiger partial charge in [0.15, 0.2) is 0 Å². The highest BCUT2D eigenvalue weighted by atomic mass is 35.5. The number of benzene rings is 1. The van der Waals surface area contributed by atoms with E-state index in [9.17, 15) is 0 Å². The van der Waals surface area contributed by atoms with Crippen molar-refractivity contribution in [1.82, 2.24) is 5.32 Å². The van der Waals surface area contributed by atoms with E-state index in [0.29, 0.717) is 5.92 Å². The first kappa shape index (κ1) is 12.2. The van der Waals surface area contributed by atoms with Gasteiger partial charge in [-0.1, -0.05) is 17.7 Å². The van der Waals surface area contributed by atoms with E-state index in [0.717, 1.165) is 23.0 Å². The molecule has 1 aliphatic heterocycles. The minimum atomic E-state index is 0. The van der Waals surface area contributed by atoms with E-state index in [-0.39, 0.29) is 12.4 Å². The predicted octanol–water partition coefficient (Wildman–Crippen LogP) is 3.13. The van der Waals surface area contributed by atoms with Gasteiger partial charge in [-0.3, -0.25) is 0 Å². The molecule has 4 heteroatoms. The fourth-order valence-corrected chi connectivity index (χ4v) is 2.38. The third-order valence-corrected chi connectivity index (χ3v) is 3.09. The molecule has 2 rings (SSSR count). The summed E-state index contributed by atoms with van der Waals surface area (Å²) >= 11 is 10.4. The van der Waals surface area contributed by atoms with E-state index in [4.69, 9.17) is 11.6 Å². The average Bonchev–Trinajstić information content (AvgIpc) is 2.56. The minimum Gasteiger partial charge on any atom is -0.316 e. The number of halogens is 2. The minimum absolute atomic E-state index is 0. The summed E-state index contributed by atoms with van der Waals surface area (Å²) in [5.41, 5.74) is 1.25. The molecule has 0 unspecified atom stereocenters. The van der Waals surface area contributed by atoms with Gasteiger partial charge in [-0.05, 0) is 36.6 Å². The standard InChI is InChI=1S/C10H12ClNS.ClH/c11-10-5-8(13)1-2-9(10)7-3-4-12-6-7;/h1-2,5,7,12-13H,3-4,6H2;1H/t7-;/m1./s1. The van der Waals surface area contributed by atoms with Crippen LogP contribution in [0.4, 0.5) is 0 Å². The molecule has 0 saturated carbocycles. The fraction of sp³-hybridized carbons (Fsp3) is 0.400. The molecule has 0 amide bonds. The summed E-state index contributed by atoms with van der Waals surface area (Å²) in [6.07, 6.45) is 1.19. The van der Waals surface area contributed by atoms with Crippen LogP contribution in [-0.2, 0) is 0 Å². The van der Waals surface area contributed by atoms with Crippen LogP contribution in [-0.4, -0.2) is 13.1 Å². The SMILES string of the molecule is Cl.Sc1ccc([C@@H]2CCNC2)c(Cl)c1. The third kappa shape index (κ3) is 2.57. The van der Waals surface area contributed by atoms with Gasteiger partial charge >= 0.3 is 0 Å². The summed E-state index contributed by atoms with van der Waals surface area (Å²) in [5, 5.41) is 4.18. The van der Waals surface area contributed by atoms with Crippen LogP contribution in [0.25, 0.3) is 0 Å². The Bertz CT molecular complexity index is 311. The molecule has 0 bridgehead atoms. The summed E-state index contributed by atoms with van der Waals surface area (Å²) < 4.78 is 0. The van der Waals surface area contributed by atoms with Crippen molar-refractivity contribution in [1.29, 1.82) is 0 Å². The zero-order chi connectivity index (χ0) is 9.26. The highest BCUT2D eigenvalue weighted by Gasteiger charge is 2.18. The van der Waals surface area contributed by atoms with Crippen LogP contribution < -0.4 is 5.32 Å². The Morgan fingerprint density at radius 2 is 2.21 bits per heavy atom. The van der Waals surface area contributed by atoms with E-state index in [2.05, 4.69) is 24.0 Å². The molecule has 0 aromatic heterocycles. The van der Waals surface area contributed by atoms with E-state index in [1.54, 1.807) is 0 Å². The summed E-state index contributed by atoms with van der Waals surface area (Å²) in [6.45, 7) is 2.15. The second-order valence-corrected chi connectivity index (χ2v) is 4.32. The second kappa shape index (κ2) is 5.26. The molecule has 0 spiro atoms. The van der Waals surface area contributed by atoms with Crippen LogP contribution in [0.15, 0.2) is 23.1 Å². The Morgan fingerprint density at radius 3 is 2.79 bits per heavy atom. The van der Waals surface area contributed by atoms with Gasteiger partial charge in [0.2, 0.25) is 0 Å². The molecule has 1 saturated heterocycles. The Labute approximate surface area is 101 Å². The van der Waals surface area contributed by atoms with Crippen molar-refractivity contribution in [3.8, 4) is 0 Å². The first-order chi connectivity index (χ1) is 6.27. The van der Waals surface area contributed by atoms with E-state index >= 15 is 0 Å². The molecule has 0 radical (unpaired) electrons. The van der Waals surface area contributed by atoms with Crippen LogP contribution in [0, 0.1) is 0 Å². The van der Waals surface area contributed by atoms with Gasteiger partial charge in [-0.15, -0.1) is 25.0 Å². The molecule has 1 aromatic rings. The summed E-state index contributed by atoms with van der Waals surface area (Å²) in [7, 11) is 0. The molecule has 78 valence electrons. The second-order valence-electron chi connectivity index (χ2n) is 3.40. The largest absolute Gasteiger partial charge is 0.316 e. The van der Waals surface area contributed by atoms with Gasteiger partial charge in [0.1, 0.15) is 0 Å². The quantitative estimate of drug-likeness (QED) is 0.730. The van der Waals surface area contributed by atoms with Crippen molar-refractivity contribution in [2.45, 2.75) is 17.2 Å². The third-order valence-electron chi connectivity index (χ3n) is 2.48. The summed E-state index contributed by atoms with van der Waals surface area (Å²) in [5.74, 6) is 0.585. The summed E-state index contributed by atoms with van der Waals surface area (Å²) in [6, 6.07) is 6.00. The molecule has 1 nitrogen and oxygen atoms in total. The van der Waals surface area contributed by atoms with Crippen LogP contribution in [0.1, 0.15) is 17.9 Å². The lowest BCUT2D eigenvalue weighted by Gasteiger charge is -2.10. The first-order valence-electron chi connectivity index (χ1n) is 4.46. The molecule has 1 aliphatic rings. The molecule has 1 fully saturated rings. The molecular formula is C10H13Cl2NS. The number of hydrogen-bond donors (Lipinski definition) is 2. The number of thiol groups is 1. The van der Waals surface area contributed by atoms with Crippen molar-refractivity contribution in [2.75, 3.05) is 13.1 Å². The van der Waals surface area contributed by atoms with Gasteiger partial charge in [0, 0.05) is 16.5 Å². The lowest BCUT2D eigenvalue weighted by atomic mass is 9.98. The summed E-state index contributed by atoms with van der Waals surface area (Å²) in [4.78, 5) is 0.930. The maximum atomic E-state index is 6.13. The van der Waals surface area contributed by atoms with Crippen LogP contribution in [0.3, 0.4) is 0 Å². The molecule has 1 heterocycles. The smallest absolute Gasteiger partial charge is 0.0452 e. The Kier molecular flexibility index (Phi) is 4.58. The molecule has 1 atom stereocenters. The lowest BCUT2D eigenvalue weighted by Crippen LogP contribution is -2.08. The van der Waals surface area contributed by atoms with Crippen molar-refractivity contribution < 1.29 is 0 Å². The van der Waals surface area contributed by atoms with Gasteiger partial charge in [0.05, 0.1) is 0 Å². The van der Waals surface area contributed by atoms with Crippen LogP contribution in [0.5, 0.6) is 0 Å². The van der Waals surface area contributed by atoms with Gasteiger partial charge in [0.25, 0.3) is 0 Å². The van der Waals surface area contributed by atoms with Gasteiger partial charge in [-0.25, -0.2) is 0 Å². The van der Waals surface area contributed by atoms with E-state index in [1.807, 2.05) is 12.1 Å². The number of nitrogens with one attached hydrogen (secondary N) is 1. The molecule has 1 aromatic carbocycles. The Hall–Kier alpha value is 0.110. The number of hydrogen-bond acceptors (Lipinski definition) is 2. The molecule has 1 N–H and O–H groups in total. The monoisotopic (exact) mass is 249 g/mol. The Balaban J connectivity index is 0.000000980. The van der Waals surface area contributed by atoms with E-state index in [1.165, 1.54) is 12.0 Å². The van der Waals surface area contributed by atoms with Crippen LogP contribution in [0.2, 0.25) is 5.02 Å². The zero-order valence-corrected chi connectivity index (χ0v) is 10.1. The highest BCUT2D eigenvalue weighted by molar-refractivity contribution is 7.80. The topological polar surface area (TPSA) is 12.0 Å². The lowest BCUT2D eigenvalue weighted by molar-refractivity contribution is 0.763. The average molecular weight is 250 g/mol.